The van der Waals surface area contributed by atoms with Crippen LogP contribution in [0, 0.1) is 10.8 Å². The lowest BCUT2D eigenvalue weighted by Crippen LogP contribution is -2.49. The number of para-hydroxylation sites is 1. The number of aliphatic hydroxyl groups excluding tert-OH is 1. The van der Waals surface area contributed by atoms with E-state index in [-0.39, 0.29) is 6.10 Å². The first-order chi connectivity index (χ1) is 12.7. The van der Waals surface area contributed by atoms with Crippen molar-refractivity contribution in [2.75, 3.05) is 37.6 Å². The van der Waals surface area contributed by atoms with Gasteiger partial charge in [-0.1, -0.05) is 52.8 Å². The van der Waals surface area contributed by atoms with Gasteiger partial charge in [-0.2, -0.15) is 0 Å². The summed E-state index contributed by atoms with van der Waals surface area (Å²) in [4.78, 5) is 5.00. The largest absolute Gasteiger partial charge is 0.392 e. The summed E-state index contributed by atoms with van der Waals surface area (Å²) in [7, 11) is 0. The molecule has 1 heterocycles. The molecule has 0 amide bonds. The number of rotatable bonds is 5. The maximum absolute atomic E-state index is 9.95. The third-order valence-corrected chi connectivity index (χ3v) is 6.58. The number of hydrogen-bond donors (Lipinski definition) is 1. The van der Waals surface area contributed by atoms with Crippen molar-refractivity contribution in [2.24, 2.45) is 10.8 Å². The number of nitrogens with zero attached hydrogens (tertiary/aromatic N) is 2. The molecule has 3 heteroatoms. The van der Waals surface area contributed by atoms with Gasteiger partial charge in [-0.25, -0.2) is 0 Å². The Morgan fingerprint density at radius 2 is 1.59 bits per heavy atom. The predicted octanol–water partition coefficient (Wildman–Crippen LogP) is 4.90. The van der Waals surface area contributed by atoms with Crippen molar-refractivity contribution in [3.05, 3.63) is 29.8 Å². The summed E-state index contributed by atoms with van der Waals surface area (Å²) in [6.07, 6.45) is 4.55. The molecule has 0 bridgehead atoms. The molecule has 2 aliphatic rings. The van der Waals surface area contributed by atoms with Crippen molar-refractivity contribution in [3.8, 4) is 0 Å². The highest BCUT2D eigenvalue weighted by Gasteiger charge is 2.39. The average Bonchev–Trinajstić information content (AvgIpc) is 2.59. The van der Waals surface area contributed by atoms with E-state index in [2.05, 4.69) is 68.7 Å². The molecule has 1 atom stereocenters. The Kier molecular flexibility index (Phi) is 6.22. The van der Waals surface area contributed by atoms with Crippen molar-refractivity contribution >= 4 is 5.69 Å². The Balaban J connectivity index is 1.74. The quantitative estimate of drug-likeness (QED) is 0.796. The molecule has 27 heavy (non-hydrogen) atoms. The van der Waals surface area contributed by atoms with E-state index in [9.17, 15) is 5.11 Å². The third-order valence-electron chi connectivity index (χ3n) is 6.58. The molecule has 1 aromatic carbocycles. The van der Waals surface area contributed by atoms with Crippen molar-refractivity contribution in [1.82, 2.24) is 4.90 Å². The molecule has 1 saturated carbocycles. The van der Waals surface area contributed by atoms with E-state index < -0.39 is 0 Å². The van der Waals surface area contributed by atoms with Crippen LogP contribution in [0.1, 0.15) is 71.8 Å². The fourth-order valence-corrected chi connectivity index (χ4v) is 5.79. The number of aliphatic hydroxyl groups is 1. The van der Waals surface area contributed by atoms with Crippen molar-refractivity contribution in [1.29, 1.82) is 0 Å². The van der Waals surface area contributed by atoms with Crippen LogP contribution in [0.25, 0.3) is 0 Å². The molecule has 1 unspecified atom stereocenters. The molecule has 3 nitrogen and oxygen atoms in total. The van der Waals surface area contributed by atoms with Crippen molar-refractivity contribution in [2.45, 2.75) is 72.3 Å². The van der Waals surface area contributed by atoms with Gasteiger partial charge in [0.15, 0.2) is 0 Å². The van der Waals surface area contributed by atoms with Crippen LogP contribution >= 0.6 is 0 Å². The molecule has 1 aromatic rings. The first-order valence-corrected chi connectivity index (χ1v) is 10.9. The van der Waals surface area contributed by atoms with Crippen LogP contribution in [-0.2, 0) is 0 Å². The van der Waals surface area contributed by atoms with Crippen LogP contribution in [0.4, 0.5) is 5.69 Å². The summed E-state index contributed by atoms with van der Waals surface area (Å²) in [5, 5.41) is 9.95. The average molecular weight is 373 g/mol. The summed E-state index contributed by atoms with van der Waals surface area (Å²) >= 11 is 0. The zero-order chi connectivity index (χ0) is 19.7. The van der Waals surface area contributed by atoms with E-state index in [1.54, 1.807) is 5.56 Å². The molecular weight excluding hydrogens is 332 g/mol. The second-order valence-electron chi connectivity index (χ2n) is 10.5. The summed E-state index contributed by atoms with van der Waals surface area (Å²) in [5.41, 5.74) is 3.83. The number of piperazine rings is 1. The zero-order valence-corrected chi connectivity index (χ0v) is 18.2. The fraction of sp³-hybridized carbons (Fsp3) is 0.750. The minimum atomic E-state index is -0.185. The number of benzene rings is 1. The summed E-state index contributed by atoms with van der Waals surface area (Å²) in [5.74, 6) is 0.653. The molecule has 0 spiro atoms. The molecule has 1 N–H and O–H groups in total. The van der Waals surface area contributed by atoms with E-state index in [4.69, 9.17) is 0 Å². The topological polar surface area (TPSA) is 26.7 Å². The SMILES string of the molecule is CCC(O)CN1CCN(c2ccccc2C2CC(C)(C)CC(C)(C)C2)CC1. The number of anilines is 1. The lowest BCUT2D eigenvalue weighted by Gasteiger charge is -2.46. The fourth-order valence-electron chi connectivity index (χ4n) is 5.79. The van der Waals surface area contributed by atoms with Gasteiger partial charge in [0.2, 0.25) is 0 Å². The standard InChI is InChI=1S/C24H40N2O/c1-6-20(27)17-25-11-13-26(14-12-25)22-10-8-7-9-21(22)19-15-23(2,3)18-24(4,5)16-19/h7-10,19-20,27H,6,11-18H2,1-5H3. The molecule has 152 valence electrons. The normalized spacial score (nSPS) is 24.7. The van der Waals surface area contributed by atoms with Crippen LogP contribution < -0.4 is 4.90 Å². The lowest BCUT2D eigenvalue weighted by atomic mass is 9.60. The van der Waals surface area contributed by atoms with Gasteiger partial charge in [-0.05, 0) is 54.1 Å². The van der Waals surface area contributed by atoms with Gasteiger partial charge >= 0.3 is 0 Å². The van der Waals surface area contributed by atoms with E-state index in [0.29, 0.717) is 16.7 Å². The highest BCUT2D eigenvalue weighted by atomic mass is 16.3. The third kappa shape index (κ3) is 5.26. The number of hydrogen-bond acceptors (Lipinski definition) is 3. The highest BCUT2D eigenvalue weighted by molar-refractivity contribution is 5.56. The molecular formula is C24H40N2O. The molecule has 0 radical (unpaired) electrons. The number of β-amino-alcohol motifs (C(OH)–C–C–N with tert-alkyl or cyclic N) is 1. The van der Waals surface area contributed by atoms with Crippen molar-refractivity contribution < 1.29 is 5.11 Å². The van der Waals surface area contributed by atoms with Gasteiger partial charge in [0.25, 0.3) is 0 Å². The van der Waals surface area contributed by atoms with Gasteiger partial charge in [0.05, 0.1) is 6.10 Å². The van der Waals surface area contributed by atoms with Crippen LogP contribution in [0.15, 0.2) is 24.3 Å². The predicted molar refractivity (Wildman–Crippen MR) is 116 cm³/mol. The van der Waals surface area contributed by atoms with Gasteiger partial charge in [0, 0.05) is 38.4 Å². The molecule has 1 aliphatic heterocycles. The summed E-state index contributed by atoms with van der Waals surface area (Å²) < 4.78 is 0. The smallest absolute Gasteiger partial charge is 0.0664 e. The Bertz CT molecular complexity index is 601. The van der Waals surface area contributed by atoms with Gasteiger partial charge < -0.3 is 10.0 Å². The first kappa shape index (κ1) is 20.7. The Hall–Kier alpha value is -1.06. The van der Waals surface area contributed by atoms with Crippen molar-refractivity contribution in [3.63, 3.8) is 0 Å². The summed E-state index contributed by atoms with van der Waals surface area (Å²) in [6.45, 7) is 16.9. The Morgan fingerprint density at radius 3 is 2.19 bits per heavy atom. The first-order valence-electron chi connectivity index (χ1n) is 10.9. The maximum Gasteiger partial charge on any atom is 0.0664 e. The lowest BCUT2D eigenvalue weighted by molar-refractivity contribution is 0.0967. The molecule has 1 aliphatic carbocycles. The maximum atomic E-state index is 9.95. The van der Waals surface area contributed by atoms with Gasteiger partial charge in [-0.15, -0.1) is 0 Å². The molecule has 0 aromatic heterocycles. The Morgan fingerprint density at radius 1 is 1.00 bits per heavy atom. The minimum absolute atomic E-state index is 0.185. The van der Waals surface area contributed by atoms with Crippen LogP contribution in [0.2, 0.25) is 0 Å². The molecule has 3 rings (SSSR count). The van der Waals surface area contributed by atoms with E-state index in [1.807, 2.05) is 0 Å². The molecule has 2 fully saturated rings. The zero-order valence-electron chi connectivity index (χ0n) is 18.2. The summed E-state index contributed by atoms with van der Waals surface area (Å²) in [6, 6.07) is 9.14. The van der Waals surface area contributed by atoms with Crippen LogP contribution in [0.5, 0.6) is 0 Å². The van der Waals surface area contributed by atoms with E-state index in [1.165, 1.54) is 24.9 Å². The second kappa shape index (κ2) is 8.13. The minimum Gasteiger partial charge on any atom is -0.392 e. The van der Waals surface area contributed by atoms with Crippen LogP contribution in [0.3, 0.4) is 0 Å². The van der Waals surface area contributed by atoms with Gasteiger partial charge in [-0.3, -0.25) is 4.90 Å². The van der Waals surface area contributed by atoms with Crippen LogP contribution in [-0.4, -0.2) is 48.8 Å². The monoisotopic (exact) mass is 372 g/mol. The highest BCUT2D eigenvalue weighted by Crippen LogP contribution is 2.53. The molecule has 1 saturated heterocycles. The van der Waals surface area contributed by atoms with Gasteiger partial charge in [0.1, 0.15) is 0 Å². The second-order valence-corrected chi connectivity index (χ2v) is 10.5. The van der Waals surface area contributed by atoms with E-state index >= 15 is 0 Å². The Labute approximate surface area is 166 Å². The van der Waals surface area contributed by atoms with E-state index in [0.717, 1.165) is 39.1 Å².